The quantitative estimate of drug-likeness (QED) is 0.603. The van der Waals surface area contributed by atoms with Crippen molar-refractivity contribution in [1.29, 1.82) is 0 Å². The Labute approximate surface area is 144 Å². The molecule has 1 atom stereocenters. The summed E-state index contributed by atoms with van der Waals surface area (Å²) in [7, 11) is 0. The molecule has 1 aliphatic carbocycles. The van der Waals surface area contributed by atoms with Gasteiger partial charge in [0.2, 0.25) is 0 Å². The summed E-state index contributed by atoms with van der Waals surface area (Å²) >= 11 is 0. The second-order valence-corrected chi connectivity index (χ2v) is 6.66. The maximum absolute atomic E-state index is 12.4. The lowest BCUT2D eigenvalue weighted by atomic mass is 9.91. The molecule has 132 valence electrons. The highest BCUT2D eigenvalue weighted by Gasteiger charge is 2.44. The van der Waals surface area contributed by atoms with Gasteiger partial charge in [0.25, 0.3) is 11.8 Å². The van der Waals surface area contributed by atoms with Crippen molar-refractivity contribution in [2.24, 2.45) is 0 Å². The minimum absolute atomic E-state index is 0.296. The molecule has 1 aliphatic heterocycles. The molecule has 4 N–H and O–H groups in total. The molecule has 3 rings (SSSR count). The standard InChI is InChI=1S/C17H19N3O5/c1-16(13(22)18-15(25)20-16)11-6-4-10(5-7-11)12(21)19-17(14(23)24)8-2-3-9-17/h4-7H,2-3,8-9H2,1H3,(H,19,21)(H,23,24)(H2,18,20,22,25)/t16-/m0/s1. The summed E-state index contributed by atoms with van der Waals surface area (Å²) in [5.74, 6) is -1.96. The van der Waals surface area contributed by atoms with Crippen LogP contribution in [0.2, 0.25) is 0 Å². The van der Waals surface area contributed by atoms with Gasteiger partial charge in [-0.05, 0) is 37.5 Å². The van der Waals surface area contributed by atoms with Gasteiger partial charge in [0.15, 0.2) is 0 Å². The zero-order valence-electron chi connectivity index (χ0n) is 13.7. The number of amides is 4. The molecule has 1 heterocycles. The number of rotatable bonds is 4. The molecule has 4 amide bonds. The fourth-order valence-corrected chi connectivity index (χ4v) is 3.36. The molecule has 8 nitrogen and oxygen atoms in total. The smallest absolute Gasteiger partial charge is 0.329 e. The Balaban J connectivity index is 1.78. The number of carbonyl (C=O) groups is 4. The SMILES string of the molecule is C[C@@]1(c2ccc(C(=O)NC3(C(=O)O)CCCC3)cc2)NC(=O)NC1=O. The third-order valence-electron chi connectivity index (χ3n) is 4.99. The highest BCUT2D eigenvalue weighted by molar-refractivity contribution is 6.07. The molecule has 2 aliphatic rings. The van der Waals surface area contributed by atoms with Gasteiger partial charge >= 0.3 is 12.0 Å². The minimum Gasteiger partial charge on any atom is -0.480 e. The first-order chi connectivity index (χ1) is 11.8. The second-order valence-electron chi connectivity index (χ2n) is 6.66. The summed E-state index contributed by atoms with van der Waals surface area (Å²) in [6.45, 7) is 1.57. The van der Waals surface area contributed by atoms with Crippen LogP contribution in [0.15, 0.2) is 24.3 Å². The van der Waals surface area contributed by atoms with E-state index in [4.69, 9.17) is 0 Å². The topological polar surface area (TPSA) is 125 Å². The molecule has 1 saturated heterocycles. The van der Waals surface area contributed by atoms with E-state index in [1.54, 1.807) is 19.1 Å². The summed E-state index contributed by atoms with van der Waals surface area (Å²) in [5.41, 5.74) is -1.58. The van der Waals surface area contributed by atoms with Crippen molar-refractivity contribution in [1.82, 2.24) is 16.0 Å². The van der Waals surface area contributed by atoms with Crippen LogP contribution in [0.25, 0.3) is 0 Å². The van der Waals surface area contributed by atoms with Gasteiger partial charge in [-0.1, -0.05) is 25.0 Å². The van der Waals surface area contributed by atoms with Crippen molar-refractivity contribution in [3.8, 4) is 0 Å². The third-order valence-corrected chi connectivity index (χ3v) is 4.99. The van der Waals surface area contributed by atoms with Crippen LogP contribution in [0.1, 0.15) is 48.5 Å². The predicted octanol–water partition coefficient (Wildman–Crippen LogP) is 0.868. The summed E-state index contributed by atoms with van der Waals surface area (Å²) < 4.78 is 0. The van der Waals surface area contributed by atoms with Crippen LogP contribution < -0.4 is 16.0 Å². The number of carboxylic acid groups (broad SMARTS) is 1. The molecule has 0 spiro atoms. The number of urea groups is 1. The molecule has 0 radical (unpaired) electrons. The number of nitrogens with one attached hydrogen (secondary N) is 3. The zero-order valence-corrected chi connectivity index (χ0v) is 13.7. The van der Waals surface area contributed by atoms with E-state index in [1.165, 1.54) is 12.1 Å². The van der Waals surface area contributed by atoms with Gasteiger partial charge in [-0.3, -0.25) is 14.9 Å². The molecular weight excluding hydrogens is 326 g/mol. The summed E-state index contributed by atoms with van der Waals surface area (Å²) in [6, 6.07) is 5.60. The van der Waals surface area contributed by atoms with Crippen molar-refractivity contribution >= 4 is 23.8 Å². The Morgan fingerprint density at radius 3 is 2.20 bits per heavy atom. The van der Waals surface area contributed by atoms with E-state index in [0.29, 0.717) is 24.0 Å². The second kappa shape index (κ2) is 5.87. The van der Waals surface area contributed by atoms with E-state index >= 15 is 0 Å². The molecule has 25 heavy (non-hydrogen) atoms. The van der Waals surface area contributed by atoms with E-state index in [-0.39, 0.29) is 0 Å². The molecule has 0 unspecified atom stereocenters. The molecule has 1 aromatic carbocycles. The molecule has 0 bridgehead atoms. The lowest BCUT2D eigenvalue weighted by Gasteiger charge is -2.25. The van der Waals surface area contributed by atoms with Crippen LogP contribution in [0.3, 0.4) is 0 Å². The Morgan fingerprint density at radius 2 is 1.72 bits per heavy atom. The Morgan fingerprint density at radius 1 is 1.12 bits per heavy atom. The van der Waals surface area contributed by atoms with E-state index < -0.39 is 34.9 Å². The average molecular weight is 345 g/mol. The molecule has 1 aromatic rings. The van der Waals surface area contributed by atoms with E-state index in [0.717, 1.165) is 12.8 Å². The zero-order chi connectivity index (χ0) is 18.2. The normalized spacial score (nSPS) is 24.5. The first-order valence-electron chi connectivity index (χ1n) is 8.07. The molecule has 2 fully saturated rings. The fraction of sp³-hybridized carbons (Fsp3) is 0.412. The summed E-state index contributed by atoms with van der Waals surface area (Å²) in [4.78, 5) is 47.2. The molecule has 1 saturated carbocycles. The highest BCUT2D eigenvalue weighted by atomic mass is 16.4. The summed E-state index contributed by atoms with van der Waals surface area (Å²) in [6.07, 6.45) is 2.35. The van der Waals surface area contributed by atoms with Gasteiger partial charge in [0.05, 0.1) is 0 Å². The van der Waals surface area contributed by atoms with Crippen molar-refractivity contribution in [3.63, 3.8) is 0 Å². The van der Waals surface area contributed by atoms with Gasteiger partial charge < -0.3 is 15.7 Å². The van der Waals surface area contributed by atoms with Gasteiger partial charge in [0.1, 0.15) is 11.1 Å². The highest BCUT2D eigenvalue weighted by Crippen LogP contribution is 2.30. The van der Waals surface area contributed by atoms with E-state index in [9.17, 15) is 24.3 Å². The average Bonchev–Trinajstić information content (AvgIpc) is 3.14. The number of carboxylic acids is 1. The number of imide groups is 1. The maximum atomic E-state index is 12.4. The van der Waals surface area contributed by atoms with Crippen LogP contribution in [-0.4, -0.2) is 34.5 Å². The van der Waals surface area contributed by atoms with Gasteiger partial charge in [-0.15, -0.1) is 0 Å². The van der Waals surface area contributed by atoms with Gasteiger partial charge in [0, 0.05) is 5.56 Å². The number of hydrogen-bond donors (Lipinski definition) is 4. The number of aliphatic carboxylic acids is 1. The van der Waals surface area contributed by atoms with Crippen molar-refractivity contribution in [2.75, 3.05) is 0 Å². The van der Waals surface area contributed by atoms with Crippen LogP contribution in [0.5, 0.6) is 0 Å². The Bertz CT molecular complexity index is 752. The van der Waals surface area contributed by atoms with Gasteiger partial charge in [-0.2, -0.15) is 0 Å². The van der Waals surface area contributed by atoms with Crippen molar-refractivity contribution in [3.05, 3.63) is 35.4 Å². The van der Waals surface area contributed by atoms with Gasteiger partial charge in [-0.25, -0.2) is 9.59 Å². The number of hydrogen-bond acceptors (Lipinski definition) is 4. The largest absolute Gasteiger partial charge is 0.480 e. The summed E-state index contributed by atoms with van der Waals surface area (Å²) in [5, 5.41) is 16.8. The first-order valence-corrected chi connectivity index (χ1v) is 8.07. The monoisotopic (exact) mass is 345 g/mol. The van der Waals surface area contributed by atoms with Crippen molar-refractivity contribution < 1.29 is 24.3 Å². The fourth-order valence-electron chi connectivity index (χ4n) is 3.36. The first kappa shape index (κ1) is 16.9. The molecule has 8 heteroatoms. The Hall–Kier alpha value is -2.90. The number of carbonyl (C=O) groups excluding carboxylic acids is 3. The molecule has 0 aromatic heterocycles. The Kier molecular flexibility index (Phi) is 3.98. The maximum Gasteiger partial charge on any atom is 0.329 e. The van der Waals surface area contributed by atoms with Crippen LogP contribution in [-0.2, 0) is 15.1 Å². The minimum atomic E-state index is -1.21. The lowest BCUT2D eigenvalue weighted by Crippen LogP contribution is -2.52. The number of benzene rings is 1. The van der Waals surface area contributed by atoms with E-state index in [2.05, 4.69) is 16.0 Å². The van der Waals surface area contributed by atoms with Crippen LogP contribution in [0.4, 0.5) is 4.79 Å². The molecular formula is C17H19N3O5. The third kappa shape index (κ3) is 2.84. The van der Waals surface area contributed by atoms with Crippen molar-refractivity contribution in [2.45, 2.75) is 43.7 Å². The lowest BCUT2D eigenvalue weighted by molar-refractivity contribution is -0.144. The van der Waals surface area contributed by atoms with Crippen LogP contribution in [0, 0.1) is 0 Å². The van der Waals surface area contributed by atoms with Crippen LogP contribution >= 0.6 is 0 Å². The van der Waals surface area contributed by atoms with E-state index in [1.807, 2.05) is 0 Å². The predicted molar refractivity (Wildman–Crippen MR) is 86.8 cm³/mol.